The third-order valence-corrected chi connectivity index (χ3v) is 3.87. The summed E-state index contributed by atoms with van der Waals surface area (Å²) in [5, 5.41) is 11.9. The van der Waals surface area contributed by atoms with Gasteiger partial charge in [-0.2, -0.15) is 11.8 Å². The van der Waals surface area contributed by atoms with Crippen LogP contribution in [0.5, 0.6) is 0 Å². The van der Waals surface area contributed by atoms with Crippen molar-refractivity contribution in [3.63, 3.8) is 0 Å². The third-order valence-electron chi connectivity index (χ3n) is 2.90. The number of benzene rings is 1. The highest BCUT2D eigenvalue weighted by atomic mass is 32.2. The molecule has 0 saturated carbocycles. The predicted octanol–water partition coefficient (Wildman–Crippen LogP) is 2.57. The number of carbonyl (C=O) groups is 2. The minimum atomic E-state index is -1.01. The molecule has 1 aromatic rings. The standard InChI is InChI=1S/C15H19NO3S/c1-10-4-5-13(8-12(10)6-7-14(17)18)15(19)16-9-11(2)20-3/h4-8,11H,9H2,1-3H3,(H,16,19)(H,17,18)/b7-6+. The van der Waals surface area contributed by atoms with Crippen LogP contribution < -0.4 is 5.32 Å². The van der Waals surface area contributed by atoms with E-state index < -0.39 is 5.97 Å². The summed E-state index contributed by atoms with van der Waals surface area (Å²) in [4.78, 5) is 22.6. The summed E-state index contributed by atoms with van der Waals surface area (Å²) in [6.45, 7) is 4.52. The van der Waals surface area contributed by atoms with Crippen molar-refractivity contribution in [2.45, 2.75) is 19.1 Å². The molecule has 0 bridgehead atoms. The number of carboxylic acid groups (broad SMARTS) is 1. The molecule has 1 aromatic carbocycles. The Kier molecular flexibility index (Phi) is 6.31. The zero-order valence-electron chi connectivity index (χ0n) is 11.8. The quantitative estimate of drug-likeness (QED) is 0.791. The number of hydrogen-bond acceptors (Lipinski definition) is 3. The molecular weight excluding hydrogens is 274 g/mol. The number of thioether (sulfide) groups is 1. The first-order valence-electron chi connectivity index (χ1n) is 6.26. The number of carboxylic acids is 1. The number of hydrogen-bond donors (Lipinski definition) is 2. The fourth-order valence-electron chi connectivity index (χ4n) is 1.54. The van der Waals surface area contributed by atoms with Crippen molar-refractivity contribution in [3.8, 4) is 0 Å². The average molecular weight is 293 g/mol. The zero-order valence-corrected chi connectivity index (χ0v) is 12.7. The molecule has 0 fully saturated rings. The van der Waals surface area contributed by atoms with Crippen molar-refractivity contribution in [1.82, 2.24) is 5.32 Å². The summed E-state index contributed by atoms with van der Waals surface area (Å²) < 4.78 is 0. The van der Waals surface area contributed by atoms with Crippen LogP contribution in [-0.2, 0) is 4.79 Å². The monoisotopic (exact) mass is 293 g/mol. The molecule has 2 N–H and O–H groups in total. The Labute approximate surface area is 123 Å². The average Bonchev–Trinajstić information content (AvgIpc) is 2.43. The van der Waals surface area contributed by atoms with E-state index in [4.69, 9.17) is 5.11 Å². The van der Waals surface area contributed by atoms with Crippen molar-refractivity contribution in [1.29, 1.82) is 0 Å². The van der Waals surface area contributed by atoms with E-state index in [0.717, 1.165) is 17.2 Å². The van der Waals surface area contributed by atoms with E-state index in [0.29, 0.717) is 17.4 Å². The molecule has 0 radical (unpaired) electrons. The Morgan fingerprint density at radius 1 is 1.45 bits per heavy atom. The molecule has 5 heteroatoms. The molecule has 0 aliphatic rings. The van der Waals surface area contributed by atoms with Gasteiger partial charge in [-0.25, -0.2) is 4.79 Å². The van der Waals surface area contributed by atoms with E-state index in [2.05, 4.69) is 5.32 Å². The Morgan fingerprint density at radius 2 is 2.15 bits per heavy atom. The normalized spacial score (nSPS) is 12.3. The lowest BCUT2D eigenvalue weighted by Gasteiger charge is -2.10. The second kappa shape index (κ2) is 7.75. The van der Waals surface area contributed by atoms with Gasteiger partial charge in [0, 0.05) is 23.4 Å². The first-order valence-corrected chi connectivity index (χ1v) is 7.55. The second-order valence-electron chi connectivity index (χ2n) is 4.50. The number of nitrogens with one attached hydrogen (secondary N) is 1. The van der Waals surface area contributed by atoms with Crippen molar-refractivity contribution in [2.24, 2.45) is 0 Å². The molecule has 1 amide bonds. The highest BCUT2D eigenvalue weighted by molar-refractivity contribution is 7.99. The van der Waals surface area contributed by atoms with Gasteiger partial charge in [-0.1, -0.05) is 13.0 Å². The van der Waals surface area contributed by atoms with E-state index in [9.17, 15) is 9.59 Å². The lowest BCUT2D eigenvalue weighted by molar-refractivity contribution is -0.131. The maximum atomic E-state index is 12.0. The predicted molar refractivity (Wildman–Crippen MR) is 83.2 cm³/mol. The molecule has 1 atom stereocenters. The highest BCUT2D eigenvalue weighted by Crippen LogP contribution is 2.13. The number of carbonyl (C=O) groups excluding carboxylic acids is 1. The van der Waals surface area contributed by atoms with Crippen molar-refractivity contribution in [3.05, 3.63) is 41.0 Å². The van der Waals surface area contributed by atoms with Gasteiger partial charge in [0.1, 0.15) is 0 Å². The van der Waals surface area contributed by atoms with Crippen LogP contribution in [0.15, 0.2) is 24.3 Å². The SMILES string of the molecule is CSC(C)CNC(=O)c1ccc(C)c(/C=C/C(=O)O)c1. The van der Waals surface area contributed by atoms with E-state index in [1.54, 1.807) is 23.9 Å². The van der Waals surface area contributed by atoms with Crippen LogP contribution in [0.25, 0.3) is 6.08 Å². The van der Waals surface area contributed by atoms with Gasteiger partial charge in [0.05, 0.1) is 0 Å². The summed E-state index contributed by atoms with van der Waals surface area (Å²) >= 11 is 1.69. The van der Waals surface area contributed by atoms with Gasteiger partial charge in [-0.3, -0.25) is 4.79 Å². The summed E-state index contributed by atoms with van der Waals surface area (Å²) in [7, 11) is 0. The number of aliphatic carboxylic acids is 1. The minimum Gasteiger partial charge on any atom is -0.478 e. The number of amides is 1. The van der Waals surface area contributed by atoms with Gasteiger partial charge in [0.15, 0.2) is 0 Å². The fraction of sp³-hybridized carbons (Fsp3) is 0.333. The molecule has 0 saturated heterocycles. The molecule has 1 rings (SSSR count). The summed E-state index contributed by atoms with van der Waals surface area (Å²) in [5.74, 6) is -1.15. The van der Waals surface area contributed by atoms with Crippen molar-refractivity contribution >= 4 is 29.7 Å². The number of aryl methyl sites for hydroxylation is 1. The Morgan fingerprint density at radius 3 is 2.75 bits per heavy atom. The summed E-state index contributed by atoms with van der Waals surface area (Å²) in [5.41, 5.74) is 2.20. The summed E-state index contributed by atoms with van der Waals surface area (Å²) in [6, 6.07) is 5.26. The van der Waals surface area contributed by atoms with Gasteiger partial charge < -0.3 is 10.4 Å². The van der Waals surface area contributed by atoms with Crippen molar-refractivity contribution in [2.75, 3.05) is 12.8 Å². The van der Waals surface area contributed by atoms with Crippen LogP contribution in [0, 0.1) is 6.92 Å². The molecule has 0 spiro atoms. The van der Waals surface area contributed by atoms with E-state index >= 15 is 0 Å². The first kappa shape index (κ1) is 16.3. The van der Waals surface area contributed by atoms with Gasteiger partial charge >= 0.3 is 5.97 Å². The maximum Gasteiger partial charge on any atom is 0.328 e. The van der Waals surface area contributed by atoms with Crippen LogP contribution in [0.2, 0.25) is 0 Å². The molecule has 0 aliphatic carbocycles. The Hall–Kier alpha value is -1.75. The smallest absolute Gasteiger partial charge is 0.328 e. The largest absolute Gasteiger partial charge is 0.478 e. The van der Waals surface area contributed by atoms with Crippen LogP contribution in [0.4, 0.5) is 0 Å². The molecule has 0 aliphatic heterocycles. The first-order chi connectivity index (χ1) is 9.43. The minimum absolute atomic E-state index is 0.143. The highest BCUT2D eigenvalue weighted by Gasteiger charge is 2.08. The lowest BCUT2D eigenvalue weighted by atomic mass is 10.0. The number of rotatable bonds is 6. The molecule has 0 aromatic heterocycles. The topological polar surface area (TPSA) is 66.4 Å². The van der Waals surface area contributed by atoms with Gasteiger partial charge in [0.25, 0.3) is 5.91 Å². The second-order valence-corrected chi connectivity index (χ2v) is 5.78. The van der Waals surface area contributed by atoms with E-state index in [1.807, 2.05) is 26.2 Å². The molecule has 0 heterocycles. The summed E-state index contributed by atoms with van der Waals surface area (Å²) in [6.07, 6.45) is 4.57. The third kappa shape index (κ3) is 5.09. The van der Waals surface area contributed by atoms with Gasteiger partial charge in [0.2, 0.25) is 0 Å². The van der Waals surface area contributed by atoms with Crippen LogP contribution in [0.3, 0.4) is 0 Å². The Balaban J connectivity index is 2.83. The van der Waals surface area contributed by atoms with Gasteiger partial charge in [-0.15, -0.1) is 0 Å². The lowest BCUT2D eigenvalue weighted by Crippen LogP contribution is -2.29. The van der Waals surface area contributed by atoms with Gasteiger partial charge in [-0.05, 0) is 42.5 Å². The molecule has 4 nitrogen and oxygen atoms in total. The van der Waals surface area contributed by atoms with Crippen LogP contribution >= 0.6 is 11.8 Å². The molecule has 108 valence electrons. The molecule has 20 heavy (non-hydrogen) atoms. The Bertz CT molecular complexity index is 526. The molecule has 1 unspecified atom stereocenters. The zero-order chi connectivity index (χ0) is 15.1. The fourth-order valence-corrected chi connectivity index (χ4v) is 1.79. The van der Waals surface area contributed by atoms with Crippen molar-refractivity contribution < 1.29 is 14.7 Å². The maximum absolute atomic E-state index is 12.0. The van der Waals surface area contributed by atoms with E-state index in [1.165, 1.54) is 6.08 Å². The van der Waals surface area contributed by atoms with Crippen LogP contribution in [0.1, 0.15) is 28.4 Å². The van der Waals surface area contributed by atoms with Crippen LogP contribution in [-0.4, -0.2) is 35.0 Å². The molecular formula is C15H19NO3S. The van der Waals surface area contributed by atoms with E-state index in [-0.39, 0.29) is 5.91 Å².